The van der Waals surface area contributed by atoms with E-state index in [1.165, 1.54) is 15.4 Å². The van der Waals surface area contributed by atoms with Crippen LogP contribution in [0.5, 0.6) is 0 Å². The second-order valence-corrected chi connectivity index (χ2v) is 5.38. The highest BCUT2D eigenvalue weighted by Crippen LogP contribution is 2.19. The van der Waals surface area contributed by atoms with Crippen LogP contribution in [0.25, 0.3) is 0 Å². The van der Waals surface area contributed by atoms with E-state index in [-0.39, 0.29) is 0 Å². The standard InChI is InChI=1S/C14H20N2S/c1-3-13-7-8-14(17-13)11-16-9-5-6-12(16)10-15-4-2/h5-9,15H,3-4,10-11H2,1-2H3. The van der Waals surface area contributed by atoms with Crippen LogP contribution in [0.3, 0.4) is 0 Å². The zero-order valence-corrected chi connectivity index (χ0v) is 11.4. The quantitative estimate of drug-likeness (QED) is 0.830. The van der Waals surface area contributed by atoms with Gasteiger partial charge < -0.3 is 9.88 Å². The van der Waals surface area contributed by atoms with E-state index in [9.17, 15) is 0 Å². The Morgan fingerprint density at radius 3 is 2.71 bits per heavy atom. The first-order chi connectivity index (χ1) is 8.33. The zero-order valence-electron chi connectivity index (χ0n) is 10.6. The Labute approximate surface area is 107 Å². The van der Waals surface area contributed by atoms with Gasteiger partial charge in [-0.15, -0.1) is 11.3 Å². The number of nitrogens with one attached hydrogen (secondary N) is 1. The summed E-state index contributed by atoms with van der Waals surface area (Å²) in [6.45, 7) is 7.32. The maximum atomic E-state index is 3.38. The molecule has 0 radical (unpaired) electrons. The summed E-state index contributed by atoms with van der Waals surface area (Å²) in [7, 11) is 0. The molecular weight excluding hydrogens is 228 g/mol. The van der Waals surface area contributed by atoms with E-state index in [0.717, 1.165) is 26.1 Å². The third kappa shape index (κ3) is 3.20. The molecule has 0 aliphatic carbocycles. The monoisotopic (exact) mass is 248 g/mol. The first-order valence-corrected chi connectivity index (χ1v) is 7.07. The van der Waals surface area contributed by atoms with Gasteiger partial charge in [0.15, 0.2) is 0 Å². The lowest BCUT2D eigenvalue weighted by Gasteiger charge is -2.08. The molecule has 0 aliphatic heterocycles. The lowest BCUT2D eigenvalue weighted by molar-refractivity contribution is 0.660. The van der Waals surface area contributed by atoms with Crippen molar-refractivity contribution in [2.45, 2.75) is 33.4 Å². The molecule has 17 heavy (non-hydrogen) atoms. The van der Waals surface area contributed by atoms with Gasteiger partial charge in [0.05, 0.1) is 6.54 Å². The van der Waals surface area contributed by atoms with Crippen LogP contribution < -0.4 is 5.32 Å². The highest BCUT2D eigenvalue weighted by molar-refractivity contribution is 7.11. The maximum absolute atomic E-state index is 3.38. The minimum absolute atomic E-state index is 0.954. The minimum atomic E-state index is 0.954. The zero-order chi connectivity index (χ0) is 12.1. The van der Waals surface area contributed by atoms with E-state index in [4.69, 9.17) is 0 Å². The molecule has 2 rings (SSSR count). The summed E-state index contributed by atoms with van der Waals surface area (Å²) >= 11 is 1.92. The van der Waals surface area contributed by atoms with Gasteiger partial charge in [0.25, 0.3) is 0 Å². The van der Waals surface area contributed by atoms with Gasteiger partial charge in [0.1, 0.15) is 0 Å². The SMILES string of the molecule is CCNCc1cccn1Cc1ccc(CC)s1. The Morgan fingerprint density at radius 2 is 2.00 bits per heavy atom. The van der Waals surface area contributed by atoms with Gasteiger partial charge in [-0.2, -0.15) is 0 Å². The average molecular weight is 248 g/mol. The average Bonchev–Trinajstić information content (AvgIpc) is 2.96. The molecule has 0 aliphatic rings. The maximum Gasteiger partial charge on any atom is 0.0566 e. The van der Waals surface area contributed by atoms with Crippen molar-refractivity contribution in [3.8, 4) is 0 Å². The molecule has 2 heterocycles. The second kappa shape index (κ2) is 6.03. The Bertz CT molecular complexity index is 456. The molecule has 0 aromatic carbocycles. The van der Waals surface area contributed by atoms with Crippen LogP contribution in [-0.4, -0.2) is 11.1 Å². The van der Waals surface area contributed by atoms with Gasteiger partial charge in [0.2, 0.25) is 0 Å². The Morgan fingerprint density at radius 1 is 1.18 bits per heavy atom. The van der Waals surface area contributed by atoms with Gasteiger partial charge in [-0.05, 0) is 37.2 Å². The molecular formula is C14H20N2S. The largest absolute Gasteiger partial charge is 0.345 e. The molecule has 0 fully saturated rings. The van der Waals surface area contributed by atoms with Crippen LogP contribution in [0.1, 0.15) is 29.3 Å². The summed E-state index contributed by atoms with van der Waals surface area (Å²) in [4.78, 5) is 2.91. The summed E-state index contributed by atoms with van der Waals surface area (Å²) in [5, 5.41) is 3.38. The molecule has 0 spiro atoms. The number of hydrogen-bond acceptors (Lipinski definition) is 2. The van der Waals surface area contributed by atoms with Crippen molar-refractivity contribution < 1.29 is 0 Å². The Kier molecular flexibility index (Phi) is 4.40. The number of aryl methyl sites for hydroxylation is 1. The van der Waals surface area contributed by atoms with Gasteiger partial charge >= 0.3 is 0 Å². The molecule has 2 aromatic heterocycles. The van der Waals surface area contributed by atoms with E-state index in [0.29, 0.717) is 0 Å². The van der Waals surface area contributed by atoms with E-state index in [1.54, 1.807) is 0 Å². The van der Waals surface area contributed by atoms with Crippen LogP contribution in [0, 0.1) is 0 Å². The first kappa shape index (κ1) is 12.4. The molecule has 3 heteroatoms. The second-order valence-electron chi connectivity index (χ2n) is 4.13. The molecule has 0 amide bonds. The lowest BCUT2D eigenvalue weighted by Crippen LogP contribution is -2.15. The third-order valence-corrected chi connectivity index (χ3v) is 4.09. The van der Waals surface area contributed by atoms with Crippen molar-refractivity contribution >= 4 is 11.3 Å². The fraction of sp³-hybridized carbons (Fsp3) is 0.429. The van der Waals surface area contributed by atoms with Crippen molar-refractivity contribution in [3.05, 3.63) is 45.9 Å². The lowest BCUT2D eigenvalue weighted by atomic mass is 10.3. The molecule has 0 atom stereocenters. The smallest absolute Gasteiger partial charge is 0.0566 e. The molecule has 2 nitrogen and oxygen atoms in total. The highest BCUT2D eigenvalue weighted by atomic mass is 32.1. The van der Waals surface area contributed by atoms with E-state index in [1.807, 2.05) is 11.3 Å². The number of aromatic nitrogens is 1. The summed E-state index contributed by atoms with van der Waals surface area (Å²) < 4.78 is 2.33. The Balaban J connectivity index is 2.04. The summed E-state index contributed by atoms with van der Waals surface area (Å²) in [5.74, 6) is 0. The molecule has 0 bridgehead atoms. The van der Waals surface area contributed by atoms with Crippen molar-refractivity contribution in [2.75, 3.05) is 6.54 Å². The predicted molar refractivity (Wildman–Crippen MR) is 74.6 cm³/mol. The Hall–Kier alpha value is -1.06. The molecule has 92 valence electrons. The summed E-state index contributed by atoms with van der Waals surface area (Å²) in [5.41, 5.74) is 1.36. The van der Waals surface area contributed by atoms with Gasteiger partial charge in [0, 0.05) is 28.2 Å². The first-order valence-electron chi connectivity index (χ1n) is 6.25. The number of nitrogens with zero attached hydrogens (tertiary/aromatic N) is 1. The molecule has 0 unspecified atom stereocenters. The molecule has 2 aromatic rings. The van der Waals surface area contributed by atoms with Crippen molar-refractivity contribution in [1.82, 2.24) is 9.88 Å². The number of rotatable bonds is 6. The van der Waals surface area contributed by atoms with Crippen LogP contribution in [0.2, 0.25) is 0 Å². The highest BCUT2D eigenvalue weighted by Gasteiger charge is 2.03. The van der Waals surface area contributed by atoms with Crippen molar-refractivity contribution in [2.24, 2.45) is 0 Å². The van der Waals surface area contributed by atoms with Crippen molar-refractivity contribution in [1.29, 1.82) is 0 Å². The normalized spacial score (nSPS) is 10.9. The predicted octanol–water partition coefficient (Wildman–Crippen LogP) is 3.27. The molecule has 1 N–H and O–H groups in total. The van der Waals surface area contributed by atoms with Crippen LogP contribution in [0.4, 0.5) is 0 Å². The summed E-state index contributed by atoms with van der Waals surface area (Å²) in [6, 6.07) is 8.81. The van der Waals surface area contributed by atoms with Crippen LogP contribution in [0.15, 0.2) is 30.5 Å². The van der Waals surface area contributed by atoms with E-state index < -0.39 is 0 Å². The number of thiophene rings is 1. The van der Waals surface area contributed by atoms with Gasteiger partial charge in [-0.3, -0.25) is 0 Å². The fourth-order valence-corrected chi connectivity index (χ4v) is 2.84. The van der Waals surface area contributed by atoms with Crippen LogP contribution in [-0.2, 0) is 19.5 Å². The number of hydrogen-bond donors (Lipinski definition) is 1. The van der Waals surface area contributed by atoms with Gasteiger partial charge in [-0.25, -0.2) is 0 Å². The molecule has 0 saturated heterocycles. The van der Waals surface area contributed by atoms with Gasteiger partial charge in [-0.1, -0.05) is 13.8 Å². The van der Waals surface area contributed by atoms with Crippen LogP contribution >= 0.6 is 11.3 Å². The van der Waals surface area contributed by atoms with E-state index in [2.05, 4.69) is 54.2 Å². The molecule has 0 saturated carbocycles. The topological polar surface area (TPSA) is 17.0 Å². The summed E-state index contributed by atoms with van der Waals surface area (Å²) in [6.07, 6.45) is 3.30. The fourth-order valence-electron chi connectivity index (χ4n) is 1.88. The third-order valence-electron chi connectivity index (χ3n) is 2.87. The van der Waals surface area contributed by atoms with E-state index >= 15 is 0 Å². The minimum Gasteiger partial charge on any atom is -0.345 e. The van der Waals surface area contributed by atoms with Crippen molar-refractivity contribution in [3.63, 3.8) is 0 Å².